The predicted molar refractivity (Wildman–Crippen MR) is 82.9 cm³/mol. The van der Waals surface area contributed by atoms with Crippen LogP contribution >= 0.6 is 0 Å². The fourth-order valence-corrected chi connectivity index (χ4v) is 2.72. The Morgan fingerprint density at radius 1 is 1.19 bits per heavy atom. The summed E-state index contributed by atoms with van der Waals surface area (Å²) in [6, 6.07) is 13.0. The van der Waals surface area contributed by atoms with Crippen molar-refractivity contribution in [2.24, 2.45) is 0 Å². The summed E-state index contributed by atoms with van der Waals surface area (Å²) in [6.45, 7) is 2.01. The second-order valence-corrected chi connectivity index (χ2v) is 5.30. The lowest BCUT2D eigenvalue weighted by Gasteiger charge is -2.16. The molecule has 1 aromatic heterocycles. The van der Waals surface area contributed by atoms with Gasteiger partial charge in [-0.15, -0.1) is 0 Å². The van der Waals surface area contributed by atoms with Gasteiger partial charge in [-0.05, 0) is 49.7 Å². The Bertz CT molecular complexity index is 763. The van der Waals surface area contributed by atoms with Gasteiger partial charge in [0.2, 0.25) is 0 Å². The van der Waals surface area contributed by atoms with Crippen LogP contribution in [0.4, 0.5) is 4.39 Å². The van der Waals surface area contributed by atoms with Crippen LogP contribution in [0.3, 0.4) is 0 Å². The average molecular weight is 283 g/mol. The summed E-state index contributed by atoms with van der Waals surface area (Å²) >= 11 is 0. The van der Waals surface area contributed by atoms with Crippen LogP contribution in [0.1, 0.15) is 22.7 Å². The number of para-hydroxylation sites is 1. The van der Waals surface area contributed by atoms with Crippen LogP contribution in [0.5, 0.6) is 0 Å². The highest BCUT2D eigenvalue weighted by Crippen LogP contribution is 2.29. The van der Waals surface area contributed by atoms with E-state index < -0.39 is 0 Å². The van der Waals surface area contributed by atoms with Gasteiger partial charge in [0.25, 0.3) is 0 Å². The van der Waals surface area contributed by atoms with Gasteiger partial charge >= 0.3 is 0 Å². The molecule has 0 aliphatic carbocycles. The fourth-order valence-electron chi connectivity index (χ4n) is 2.72. The van der Waals surface area contributed by atoms with E-state index in [1.54, 1.807) is 12.3 Å². The maximum atomic E-state index is 13.5. The number of furan rings is 1. The van der Waals surface area contributed by atoms with E-state index in [4.69, 9.17) is 4.42 Å². The maximum absolute atomic E-state index is 13.5. The fraction of sp³-hybridized carbons (Fsp3) is 0.222. The molecule has 0 fully saturated rings. The van der Waals surface area contributed by atoms with Crippen LogP contribution in [-0.4, -0.2) is 7.05 Å². The lowest BCUT2D eigenvalue weighted by atomic mass is 9.96. The van der Waals surface area contributed by atoms with Gasteiger partial charge < -0.3 is 9.73 Å². The summed E-state index contributed by atoms with van der Waals surface area (Å²) in [5.74, 6) is -0.192. The highest BCUT2D eigenvalue weighted by Gasteiger charge is 2.17. The zero-order valence-electron chi connectivity index (χ0n) is 12.2. The monoisotopic (exact) mass is 283 g/mol. The molecule has 0 saturated carbocycles. The van der Waals surface area contributed by atoms with Crippen molar-refractivity contribution < 1.29 is 8.81 Å². The maximum Gasteiger partial charge on any atom is 0.134 e. The third-order valence-corrected chi connectivity index (χ3v) is 3.97. The van der Waals surface area contributed by atoms with Gasteiger partial charge in [0.05, 0.1) is 6.26 Å². The normalized spacial score (nSPS) is 12.7. The molecular formula is C18H18FNO. The Morgan fingerprint density at radius 3 is 2.81 bits per heavy atom. The van der Waals surface area contributed by atoms with Crippen molar-refractivity contribution in [2.45, 2.75) is 19.4 Å². The zero-order chi connectivity index (χ0) is 14.8. The first-order valence-corrected chi connectivity index (χ1v) is 7.07. The number of fused-ring (bicyclic) bond motifs is 1. The number of likely N-dealkylation sites (N-methyl/N-ethyl adjacent to an activating group) is 1. The molecule has 108 valence electrons. The summed E-state index contributed by atoms with van der Waals surface area (Å²) in [5.41, 5.74) is 4.10. The highest BCUT2D eigenvalue weighted by atomic mass is 19.1. The second kappa shape index (κ2) is 5.70. The van der Waals surface area contributed by atoms with Crippen LogP contribution in [0.15, 0.2) is 53.1 Å². The lowest BCUT2D eigenvalue weighted by Crippen LogP contribution is -2.19. The molecule has 0 aliphatic heterocycles. The molecule has 0 amide bonds. The Morgan fingerprint density at radius 2 is 2.00 bits per heavy atom. The molecule has 21 heavy (non-hydrogen) atoms. The third kappa shape index (κ3) is 2.69. The Hall–Kier alpha value is -2.13. The number of aryl methyl sites for hydroxylation is 1. The molecule has 3 aromatic rings. The van der Waals surface area contributed by atoms with Crippen molar-refractivity contribution in [3.63, 3.8) is 0 Å². The van der Waals surface area contributed by atoms with E-state index in [2.05, 4.69) is 11.4 Å². The molecule has 3 rings (SSSR count). The van der Waals surface area contributed by atoms with E-state index in [1.807, 2.05) is 38.2 Å². The Labute approximate surface area is 123 Å². The van der Waals surface area contributed by atoms with E-state index in [0.29, 0.717) is 0 Å². The summed E-state index contributed by atoms with van der Waals surface area (Å²) in [5, 5.41) is 4.41. The summed E-state index contributed by atoms with van der Waals surface area (Å²) in [7, 11) is 1.92. The Kier molecular flexibility index (Phi) is 3.76. The van der Waals surface area contributed by atoms with Gasteiger partial charge in [-0.3, -0.25) is 0 Å². The minimum absolute atomic E-state index is 0.0918. The molecule has 0 saturated heterocycles. The predicted octanol–water partition coefficient (Wildman–Crippen LogP) is 4.38. The minimum atomic E-state index is -0.192. The van der Waals surface area contributed by atoms with Crippen LogP contribution in [0.25, 0.3) is 11.0 Å². The Balaban J connectivity index is 1.97. The minimum Gasteiger partial charge on any atom is -0.464 e. The molecule has 0 aliphatic rings. The molecule has 1 atom stereocenters. The van der Waals surface area contributed by atoms with E-state index in [-0.39, 0.29) is 11.9 Å². The average Bonchev–Trinajstić information content (AvgIpc) is 2.92. The van der Waals surface area contributed by atoms with Crippen molar-refractivity contribution in [3.8, 4) is 0 Å². The number of halogens is 1. The summed E-state index contributed by atoms with van der Waals surface area (Å²) in [4.78, 5) is 0. The van der Waals surface area contributed by atoms with E-state index in [1.165, 1.54) is 6.07 Å². The highest BCUT2D eigenvalue weighted by molar-refractivity contribution is 5.81. The van der Waals surface area contributed by atoms with Crippen molar-refractivity contribution in [1.82, 2.24) is 5.32 Å². The van der Waals surface area contributed by atoms with Gasteiger partial charge in [-0.2, -0.15) is 0 Å². The van der Waals surface area contributed by atoms with E-state index in [0.717, 1.165) is 34.1 Å². The van der Waals surface area contributed by atoms with Crippen molar-refractivity contribution in [3.05, 3.63) is 71.2 Å². The van der Waals surface area contributed by atoms with Crippen LogP contribution in [0, 0.1) is 12.7 Å². The lowest BCUT2D eigenvalue weighted by molar-refractivity contribution is 0.559. The van der Waals surface area contributed by atoms with E-state index in [9.17, 15) is 4.39 Å². The smallest absolute Gasteiger partial charge is 0.134 e. The van der Waals surface area contributed by atoms with Crippen molar-refractivity contribution in [2.75, 3.05) is 7.05 Å². The first kappa shape index (κ1) is 13.8. The van der Waals surface area contributed by atoms with Crippen LogP contribution < -0.4 is 5.32 Å². The number of rotatable bonds is 4. The van der Waals surface area contributed by atoms with Gasteiger partial charge in [0, 0.05) is 17.0 Å². The zero-order valence-corrected chi connectivity index (χ0v) is 12.2. The van der Waals surface area contributed by atoms with Crippen LogP contribution in [-0.2, 0) is 6.42 Å². The number of hydrogen-bond acceptors (Lipinski definition) is 2. The number of hydrogen-bond donors (Lipinski definition) is 1. The molecule has 3 heteroatoms. The topological polar surface area (TPSA) is 25.2 Å². The van der Waals surface area contributed by atoms with Gasteiger partial charge in [-0.25, -0.2) is 4.39 Å². The molecule has 0 spiro atoms. The molecule has 0 radical (unpaired) electrons. The molecule has 0 bridgehead atoms. The second-order valence-electron chi connectivity index (χ2n) is 5.30. The third-order valence-electron chi connectivity index (χ3n) is 3.97. The van der Waals surface area contributed by atoms with E-state index >= 15 is 0 Å². The molecule has 1 N–H and O–H groups in total. The van der Waals surface area contributed by atoms with Gasteiger partial charge in [-0.1, -0.05) is 24.3 Å². The summed E-state index contributed by atoms with van der Waals surface area (Å²) in [6.07, 6.45) is 2.52. The largest absolute Gasteiger partial charge is 0.464 e. The first-order valence-electron chi connectivity index (χ1n) is 7.07. The van der Waals surface area contributed by atoms with Crippen LogP contribution in [0.2, 0.25) is 0 Å². The van der Waals surface area contributed by atoms with Crippen molar-refractivity contribution >= 4 is 11.0 Å². The molecule has 2 nitrogen and oxygen atoms in total. The molecule has 1 heterocycles. The number of benzene rings is 2. The molecular weight excluding hydrogens is 265 g/mol. The number of nitrogens with one attached hydrogen (secondary N) is 1. The standard InChI is InChI=1S/C18H18FNO/c1-12-7-8-14(19)9-13(12)10-17(20-2)16-11-21-18-6-4-3-5-15(16)18/h3-9,11,17,20H,10H2,1-2H3. The molecule has 2 aromatic carbocycles. The quantitative estimate of drug-likeness (QED) is 0.768. The molecule has 1 unspecified atom stereocenters. The first-order chi connectivity index (χ1) is 10.2. The van der Waals surface area contributed by atoms with Crippen molar-refractivity contribution in [1.29, 1.82) is 0 Å². The summed E-state index contributed by atoms with van der Waals surface area (Å²) < 4.78 is 19.1. The van der Waals surface area contributed by atoms with Gasteiger partial charge in [0.15, 0.2) is 0 Å². The SMILES string of the molecule is CNC(Cc1cc(F)ccc1C)c1coc2ccccc12. The van der Waals surface area contributed by atoms with Gasteiger partial charge in [0.1, 0.15) is 11.4 Å².